The van der Waals surface area contributed by atoms with Gasteiger partial charge >= 0.3 is 0 Å². The molecule has 0 aliphatic carbocycles. The van der Waals surface area contributed by atoms with Crippen molar-refractivity contribution < 1.29 is 5.11 Å². The fourth-order valence-electron chi connectivity index (χ4n) is 3.52. The third-order valence-corrected chi connectivity index (χ3v) is 5.23. The second-order valence-corrected chi connectivity index (χ2v) is 7.47. The van der Waals surface area contributed by atoms with Gasteiger partial charge in [0.2, 0.25) is 5.95 Å². The number of piperazine rings is 1. The van der Waals surface area contributed by atoms with Crippen LogP contribution in [-0.2, 0) is 13.1 Å². The number of H-pyrrole nitrogens is 1. The number of hydrogen-bond acceptors (Lipinski definition) is 7. The van der Waals surface area contributed by atoms with Crippen molar-refractivity contribution in [1.82, 2.24) is 29.4 Å². The summed E-state index contributed by atoms with van der Waals surface area (Å²) in [5.74, 6) is 0.891. The molecule has 1 aliphatic rings. The van der Waals surface area contributed by atoms with E-state index in [-0.39, 0.29) is 12.2 Å². The second kappa shape index (κ2) is 8.73. The molecule has 2 aromatic heterocycles. The number of aliphatic hydroxyl groups excluding tert-OH is 1. The summed E-state index contributed by atoms with van der Waals surface area (Å²) in [6, 6.07) is 9.83. The lowest BCUT2D eigenvalue weighted by molar-refractivity contribution is 0.107. The molecule has 1 aromatic carbocycles. The molecular weight excluding hydrogens is 370 g/mol. The van der Waals surface area contributed by atoms with Crippen molar-refractivity contribution in [3.8, 4) is 0 Å². The summed E-state index contributed by atoms with van der Waals surface area (Å²) in [5, 5.41) is 15.2. The predicted octanol–water partition coefficient (Wildman–Crippen LogP) is 0.448. The molecule has 0 atom stereocenters. The van der Waals surface area contributed by atoms with Gasteiger partial charge in [-0.3, -0.25) is 19.7 Å². The van der Waals surface area contributed by atoms with Gasteiger partial charge in [-0.1, -0.05) is 29.8 Å². The van der Waals surface area contributed by atoms with Crippen molar-refractivity contribution in [2.45, 2.75) is 20.0 Å². The van der Waals surface area contributed by atoms with Crippen molar-refractivity contribution in [3.63, 3.8) is 0 Å². The van der Waals surface area contributed by atoms with Crippen LogP contribution in [0, 0.1) is 6.92 Å². The van der Waals surface area contributed by atoms with Crippen LogP contribution >= 0.6 is 0 Å². The lowest BCUT2D eigenvalue weighted by atomic mass is 10.1. The Morgan fingerprint density at radius 2 is 1.83 bits per heavy atom. The average Bonchev–Trinajstić information content (AvgIpc) is 3.13. The number of rotatable bonds is 7. The van der Waals surface area contributed by atoms with E-state index < -0.39 is 0 Å². The minimum Gasteiger partial charge on any atom is -0.395 e. The number of fused-ring (bicyclic) bond motifs is 1. The monoisotopic (exact) mass is 397 g/mol. The molecule has 4 rings (SSSR count). The minimum absolute atomic E-state index is 0.167. The first kappa shape index (κ1) is 19.6. The van der Waals surface area contributed by atoms with Gasteiger partial charge in [-0.15, -0.1) is 0 Å². The molecule has 0 saturated carbocycles. The van der Waals surface area contributed by atoms with Crippen LogP contribution in [0.15, 0.2) is 35.1 Å². The van der Waals surface area contributed by atoms with Gasteiger partial charge in [0, 0.05) is 51.9 Å². The molecule has 3 aromatic rings. The molecule has 3 N–H and O–H groups in total. The number of hydrogen-bond donors (Lipinski definition) is 3. The fraction of sp³-hybridized carbons (Fsp3) is 0.450. The summed E-state index contributed by atoms with van der Waals surface area (Å²) in [7, 11) is 0. The second-order valence-electron chi connectivity index (χ2n) is 7.47. The molecule has 0 bridgehead atoms. The van der Waals surface area contributed by atoms with Crippen molar-refractivity contribution >= 4 is 11.7 Å². The van der Waals surface area contributed by atoms with E-state index in [0.29, 0.717) is 31.4 Å². The third kappa shape index (κ3) is 4.81. The van der Waals surface area contributed by atoms with Gasteiger partial charge < -0.3 is 10.4 Å². The highest BCUT2D eigenvalue weighted by Gasteiger charge is 2.18. The fourth-order valence-corrected chi connectivity index (χ4v) is 3.52. The molecule has 0 radical (unpaired) electrons. The molecule has 1 saturated heterocycles. The maximum atomic E-state index is 12.5. The molecule has 0 amide bonds. The summed E-state index contributed by atoms with van der Waals surface area (Å²) in [6.07, 6.45) is 0. The first-order chi connectivity index (χ1) is 14.1. The molecule has 1 fully saturated rings. The normalized spacial score (nSPS) is 15.8. The first-order valence-corrected chi connectivity index (χ1v) is 9.94. The lowest BCUT2D eigenvalue weighted by Crippen LogP contribution is -2.46. The summed E-state index contributed by atoms with van der Waals surface area (Å²) in [6.45, 7) is 7.81. The molecule has 3 heterocycles. The van der Waals surface area contributed by atoms with Crippen LogP contribution in [0.5, 0.6) is 0 Å². The average molecular weight is 397 g/mol. The van der Waals surface area contributed by atoms with Crippen LogP contribution in [0.3, 0.4) is 0 Å². The standard InChI is InChI=1S/C20H27N7O2/c1-15-2-4-16(5-3-15)13-21-19-23-20-22-17(12-18(29)27(20)24-19)14-26-8-6-25(7-9-26)10-11-28/h2-5,12,28H,6-11,13-14H2,1H3,(H2,21,22,23,24). The van der Waals surface area contributed by atoms with Crippen molar-refractivity contribution in [2.75, 3.05) is 44.6 Å². The van der Waals surface area contributed by atoms with Gasteiger partial charge in [-0.05, 0) is 12.5 Å². The zero-order valence-electron chi connectivity index (χ0n) is 16.6. The minimum atomic E-state index is -0.167. The number of aromatic nitrogens is 4. The Labute approximate surface area is 169 Å². The van der Waals surface area contributed by atoms with E-state index in [4.69, 9.17) is 5.11 Å². The number of aliphatic hydroxyl groups is 1. The quantitative estimate of drug-likeness (QED) is 0.532. The summed E-state index contributed by atoms with van der Waals surface area (Å²) in [4.78, 5) is 26.0. The highest BCUT2D eigenvalue weighted by atomic mass is 16.3. The maximum absolute atomic E-state index is 12.5. The zero-order valence-corrected chi connectivity index (χ0v) is 16.6. The van der Waals surface area contributed by atoms with Gasteiger partial charge in [0.1, 0.15) is 0 Å². The molecular formula is C20H27N7O2. The Kier molecular flexibility index (Phi) is 5.89. The summed E-state index contributed by atoms with van der Waals surface area (Å²) >= 11 is 0. The van der Waals surface area contributed by atoms with E-state index >= 15 is 0 Å². The predicted molar refractivity (Wildman–Crippen MR) is 111 cm³/mol. The number of aryl methyl sites for hydroxylation is 1. The van der Waals surface area contributed by atoms with Crippen LogP contribution in [0.4, 0.5) is 5.95 Å². The van der Waals surface area contributed by atoms with E-state index in [9.17, 15) is 4.79 Å². The molecule has 0 spiro atoms. The van der Waals surface area contributed by atoms with E-state index in [0.717, 1.165) is 37.4 Å². The van der Waals surface area contributed by atoms with Gasteiger partial charge in [-0.2, -0.15) is 9.50 Å². The van der Waals surface area contributed by atoms with Crippen LogP contribution in [0.1, 0.15) is 16.8 Å². The van der Waals surface area contributed by atoms with Crippen molar-refractivity contribution in [1.29, 1.82) is 0 Å². The van der Waals surface area contributed by atoms with Crippen LogP contribution in [-0.4, -0.2) is 73.8 Å². The van der Waals surface area contributed by atoms with Crippen LogP contribution in [0.2, 0.25) is 0 Å². The topological polar surface area (TPSA) is 102 Å². The number of nitrogens with zero attached hydrogens (tertiary/aromatic N) is 5. The molecule has 154 valence electrons. The van der Waals surface area contributed by atoms with Gasteiger partial charge in [0.15, 0.2) is 0 Å². The van der Waals surface area contributed by atoms with Crippen LogP contribution in [0.25, 0.3) is 5.78 Å². The van der Waals surface area contributed by atoms with Crippen molar-refractivity contribution in [2.24, 2.45) is 0 Å². The number of aromatic amines is 1. The lowest BCUT2D eigenvalue weighted by Gasteiger charge is -2.34. The number of benzene rings is 1. The van der Waals surface area contributed by atoms with E-state index in [1.165, 1.54) is 10.1 Å². The summed E-state index contributed by atoms with van der Waals surface area (Å²) < 4.78 is 1.36. The Morgan fingerprint density at radius 1 is 1.10 bits per heavy atom. The maximum Gasteiger partial charge on any atom is 0.274 e. The van der Waals surface area contributed by atoms with Crippen LogP contribution < -0.4 is 10.9 Å². The van der Waals surface area contributed by atoms with Gasteiger partial charge in [0.05, 0.1) is 12.3 Å². The third-order valence-electron chi connectivity index (χ3n) is 5.23. The first-order valence-electron chi connectivity index (χ1n) is 9.94. The van der Waals surface area contributed by atoms with E-state index in [1.807, 2.05) is 0 Å². The zero-order chi connectivity index (χ0) is 20.2. The molecule has 29 heavy (non-hydrogen) atoms. The number of anilines is 1. The molecule has 1 aliphatic heterocycles. The highest BCUT2D eigenvalue weighted by Crippen LogP contribution is 2.09. The van der Waals surface area contributed by atoms with Gasteiger partial charge in [-0.25, -0.2) is 4.98 Å². The Morgan fingerprint density at radius 3 is 2.55 bits per heavy atom. The largest absolute Gasteiger partial charge is 0.395 e. The molecule has 9 heteroatoms. The molecule has 0 unspecified atom stereocenters. The highest BCUT2D eigenvalue weighted by molar-refractivity contribution is 5.38. The summed E-state index contributed by atoms with van der Waals surface area (Å²) in [5.41, 5.74) is 2.91. The number of β-amino-alcohol motifs (C(OH)–C–C–N with tert-alkyl or cyclic N) is 1. The van der Waals surface area contributed by atoms with Gasteiger partial charge in [0.25, 0.3) is 11.3 Å². The smallest absolute Gasteiger partial charge is 0.274 e. The SMILES string of the molecule is Cc1ccc(CNc2nc3nc(CN4CCN(CCO)CC4)cc(=O)n3[nH]2)cc1. The number of nitrogens with one attached hydrogen (secondary N) is 2. The Balaban J connectivity index is 1.42. The van der Waals surface area contributed by atoms with Crippen molar-refractivity contribution in [3.05, 3.63) is 57.5 Å². The Hall–Kier alpha value is -2.75. The molecule has 9 nitrogen and oxygen atoms in total. The van der Waals surface area contributed by atoms with E-state index in [1.54, 1.807) is 6.07 Å². The Bertz CT molecular complexity index is 1000. The van der Waals surface area contributed by atoms with E-state index in [2.05, 4.69) is 61.4 Å².